The van der Waals surface area contributed by atoms with E-state index in [1.54, 1.807) is 24.3 Å². The lowest BCUT2D eigenvalue weighted by atomic mass is 9.77. The molecule has 27 heavy (non-hydrogen) atoms. The van der Waals surface area contributed by atoms with Crippen LogP contribution >= 0.6 is 0 Å². The van der Waals surface area contributed by atoms with Crippen molar-refractivity contribution in [2.45, 2.75) is 12.1 Å². The summed E-state index contributed by atoms with van der Waals surface area (Å²) in [6.45, 7) is 0.0365. The Morgan fingerprint density at radius 1 is 0.963 bits per heavy atom. The molecule has 0 unspecified atom stereocenters. The SMILES string of the molecule is NCc1c(O)ccc2c1Oc1cc(O)ccc1[C@]21OC(=O)c2ccccc21. The molecule has 1 spiro atoms. The van der Waals surface area contributed by atoms with Crippen molar-refractivity contribution in [2.75, 3.05) is 0 Å². The minimum Gasteiger partial charge on any atom is -0.508 e. The average molecular weight is 361 g/mol. The average Bonchev–Trinajstić information content (AvgIpc) is 2.95. The summed E-state index contributed by atoms with van der Waals surface area (Å²) in [4.78, 5) is 12.7. The molecule has 0 saturated heterocycles. The van der Waals surface area contributed by atoms with Gasteiger partial charge in [-0.05, 0) is 30.3 Å². The molecule has 1 atom stereocenters. The first-order valence-corrected chi connectivity index (χ1v) is 8.46. The van der Waals surface area contributed by atoms with E-state index >= 15 is 0 Å². The summed E-state index contributed by atoms with van der Waals surface area (Å²) in [5, 5.41) is 20.2. The highest BCUT2D eigenvalue weighted by Crippen LogP contribution is 2.57. The van der Waals surface area contributed by atoms with Gasteiger partial charge in [0.15, 0.2) is 5.60 Å². The molecule has 5 rings (SSSR count). The first kappa shape index (κ1) is 15.7. The largest absolute Gasteiger partial charge is 0.508 e. The van der Waals surface area contributed by atoms with Gasteiger partial charge in [-0.3, -0.25) is 0 Å². The highest BCUT2D eigenvalue weighted by Gasteiger charge is 2.54. The lowest BCUT2D eigenvalue weighted by Gasteiger charge is -2.37. The highest BCUT2D eigenvalue weighted by atomic mass is 16.6. The van der Waals surface area contributed by atoms with E-state index in [1.807, 2.05) is 12.1 Å². The summed E-state index contributed by atoms with van der Waals surface area (Å²) >= 11 is 0. The van der Waals surface area contributed by atoms with Crippen molar-refractivity contribution in [3.05, 3.63) is 82.4 Å². The Kier molecular flexibility index (Phi) is 3.06. The lowest BCUT2D eigenvalue weighted by Crippen LogP contribution is -2.33. The van der Waals surface area contributed by atoms with Gasteiger partial charge in [0.1, 0.15) is 23.0 Å². The number of hydrogen-bond donors (Lipinski definition) is 3. The second-order valence-corrected chi connectivity index (χ2v) is 6.54. The number of carbonyl (C=O) groups excluding carboxylic acids is 1. The van der Waals surface area contributed by atoms with Gasteiger partial charge in [-0.25, -0.2) is 4.79 Å². The first-order valence-electron chi connectivity index (χ1n) is 8.46. The van der Waals surface area contributed by atoms with Crippen LogP contribution in [0.4, 0.5) is 0 Å². The van der Waals surface area contributed by atoms with Crippen LogP contribution in [0.1, 0.15) is 32.6 Å². The standard InChI is InChI=1S/C21H15NO5/c22-10-13-17(24)8-7-16-19(13)26-18-9-11(23)5-6-15(18)21(16)14-4-2-1-3-12(14)20(25)27-21/h1-9,23-24H,10,22H2/t21-/m0/s1. The molecule has 0 fully saturated rings. The fourth-order valence-corrected chi connectivity index (χ4v) is 3.97. The Balaban J connectivity index is 1.93. The number of ether oxygens (including phenoxy) is 2. The fraction of sp³-hybridized carbons (Fsp3) is 0.0952. The van der Waals surface area contributed by atoms with Gasteiger partial charge in [0, 0.05) is 29.3 Å². The van der Waals surface area contributed by atoms with Crippen LogP contribution in [0.2, 0.25) is 0 Å². The van der Waals surface area contributed by atoms with E-state index in [-0.39, 0.29) is 18.0 Å². The van der Waals surface area contributed by atoms with E-state index in [2.05, 4.69) is 0 Å². The third-order valence-electron chi connectivity index (χ3n) is 5.15. The smallest absolute Gasteiger partial charge is 0.340 e. The molecule has 0 radical (unpaired) electrons. The second-order valence-electron chi connectivity index (χ2n) is 6.54. The molecular weight excluding hydrogens is 346 g/mol. The van der Waals surface area contributed by atoms with Gasteiger partial charge in [-0.15, -0.1) is 0 Å². The topological polar surface area (TPSA) is 102 Å². The lowest BCUT2D eigenvalue weighted by molar-refractivity contribution is 0.0223. The summed E-state index contributed by atoms with van der Waals surface area (Å²) in [6, 6.07) is 15.0. The Morgan fingerprint density at radius 2 is 1.74 bits per heavy atom. The maximum atomic E-state index is 12.7. The molecule has 6 nitrogen and oxygen atoms in total. The maximum Gasteiger partial charge on any atom is 0.340 e. The van der Waals surface area contributed by atoms with Crippen LogP contribution in [0.5, 0.6) is 23.0 Å². The predicted molar refractivity (Wildman–Crippen MR) is 95.9 cm³/mol. The van der Waals surface area contributed by atoms with E-state index in [0.717, 1.165) is 0 Å². The molecular formula is C21H15NO5. The minimum absolute atomic E-state index is 0.00684. The van der Waals surface area contributed by atoms with Crippen LogP contribution in [0.15, 0.2) is 54.6 Å². The Labute approximate surface area is 154 Å². The van der Waals surface area contributed by atoms with Gasteiger partial charge in [-0.2, -0.15) is 0 Å². The molecule has 0 aliphatic carbocycles. The Morgan fingerprint density at radius 3 is 2.56 bits per heavy atom. The number of benzene rings is 3. The molecule has 6 heteroatoms. The minimum atomic E-state index is -1.23. The number of carbonyl (C=O) groups is 1. The predicted octanol–water partition coefficient (Wildman–Crippen LogP) is 3.12. The number of fused-ring (bicyclic) bond motifs is 6. The zero-order valence-corrected chi connectivity index (χ0v) is 14.1. The third kappa shape index (κ3) is 1.90. The van der Waals surface area contributed by atoms with Crippen molar-refractivity contribution < 1.29 is 24.5 Å². The van der Waals surface area contributed by atoms with E-state index in [4.69, 9.17) is 15.2 Å². The number of hydrogen-bond acceptors (Lipinski definition) is 6. The van der Waals surface area contributed by atoms with Gasteiger partial charge in [0.25, 0.3) is 0 Å². The molecule has 2 aliphatic heterocycles. The van der Waals surface area contributed by atoms with Gasteiger partial charge in [0.2, 0.25) is 0 Å². The number of phenols is 2. The van der Waals surface area contributed by atoms with Gasteiger partial charge >= 0.3 is 5.97 Å². The van der Waals surface area contributed by atoms with Crippen molar-refractivity contribution in [3.8, 4) is 23.0 Å². The summed E-state index contributed by atoms with van der Waals surface area (Å²) in [6.07, 6.45) is 0. The van der Waals surface area contributed by atoms with Crippen LogP contribution < -0.4 is 10.5 Å². The number of rotatable bonds is 1. The Bertz CT molecular complexity index is 1120. The molecule has 2 aliphatic rings. The molecule has 0 aromatic heterocycles. The fourth-order valence-electron chi connectivity index (χ4n) is 3.97. The molecule has 2 heterocycles. The van der Waals surface area contributed by atoms with Gasteiger partial charge in [0.05, 0.1) is 11.1 Å². The van der Waals surface area contributed by atoms with Crippen LogP contribution in [0, 0.1) is 0 Å². The molecule has 0 saturated carbocycles. The summed E-state index contributed by atoms with van der Waals surface area (Å²) in [5.41, 5.74) is 7.33. The summed E-state index contributed by atoms with van der Waals surface area (Å²) in [5.74, 6) is 0.235. The van der Waals surface area contributed by atoms with Crippen LogP contribution in [0.3, 0.4) is 0 Å². The van der Waals surface area contributed by atoms with E-state index < -0.39 is 11.6 Å². The quantitative estimate of drug-likeness (QED) is 0.576. The van der Waals surface area contributed by atoms with E-state index in [1.165, 1.54) is 18.2 Å². The molecule has 4 N–H and O–H groups in total. The van der Waals surface area contributed by atoms with E-state index in [9.17, 15) is 15.0 Å². The number of phenolic OH excluding ortho intramolecular Hbond substituents is 2. The number of aromatic hydroxyl groups is 2. The normalized spacial score (nSPS) is 19.1. The van der Waals surface area contributed by atoms with Crippen LogP contribution in [-0.4, -0.2) is 16.2 Å². The van der Waals surface area contributed by atoms with E-state index in [0.29, 0.717) is 39.3 Å². The molecule has 3 aromatic carbocycles. The van der Waals surface area contributed by atoms with Crippen molar-refractivity contribution in [2.24, 2.45) is 5.73 Å². The number of esters is 1. The second kappa shape index (κ2) is 5.25. The molecule has 0 amide bonds. The van der Waals surface area contributed by atoms with Crippen molar-refractivity contribution in [1.82, 2.24) is 0 Å². The first-order chi connectivity index (χ1) is 13.1. The van der Waals surface area contributed by atoms with Crippen molar-refractivity contribution >= 4 is 5.97 Å². The third-order valence-corrected chi connectivity index (χ3v) is 5.15. The molecule has 134 valence electrons. The van der Waals surface area contributed by atoms with Crippen LogP contribution in [-0.2, 0) is 16.9 Å². The molecule has 0 bridgehead atoms. The maximum absolute atomic E-state index is 12.7. The molecule has 3 aromatic rings. The van der Waals surface area contributed by atoms with Gasteiger partial charge in [-0.1, -0.05) is 18.2 Å². The zero-order valence-electron chi connectivity index (χ0n) is 14.1. The zero-order chi connectivity index (χ0) is 18.8. The Hall–Kier alpha value is -3.51. The van der Waals surface area contributed by atoms with Crippen LogP contribution in [0.25, 0.3) is 0 Å². The monoisotopic (exact) mass is 361 g/mol. The van der Waals surface area contributed by atoms with Crippen molar-refractivity contribution in [1.29, 1.82) is 0 Å². The van der Waals surface area contributed by atoms with Gasteiger partial charge < -0.3 is 25.4 Å². The van der Waals surface area contributed by atoms with Crippen molar-refractivity contribution in [3.63, 3.8) is 0 Å². The summed E-state index contributed by atoms with van der Waals surface area (Å²) < 4.78 is 12.0. The summed E-state index contributed by atoms with van der Waals surface area (Å²) in [7, 11) is 0. The highest BCUT2D eigenvalue weighted by molar-refractivity contribution is 5.97. The number of nitrogens with two attached hydrogens (primary N) is 1.